The maximum Gasteiger partial charge on any atom is 0.407 e. The number of hydrogen-bond donors (Lipinski definition) is 1. The van der Waals surface area contributed by atoms with Gasteiger partial charge >= 0.3 is 12.1 Å². The summed E-state index contributed by atoms with van der Waals surface area (Å²) in [4.78, 5) is 26.4. The lowest BCUT2D eigenvalue weighted by Crippen LogP contribution is -2.57. The summed E-state index contributed by atoms with van der Waals surface area (Å²) in [5, 5.41) is 9.10. The molecule has 1 aliphatic rings. The summed E-state index contributed by atoms with van der Waals surface area (Å²) in [5.74, 6) is -0.362. The monoisotopic (exact) mass is 292 g/mol. The molecule has 1 amide bonds. The molecule has 114 valence electrons. The maximum absolute atomic E-state index is 12.1. The quantitative estimate of drug-likeness (QED) is 0.850. The SMILES string of the molecule is CCOC(=O)C1CN(C(=O)O)CCN1Cc1ccccc1. The molecular weight excluding hydrogens is 272 g/mol. The molecule has 1 unspecified atom stereocenters. The Kier molecular flexibility index (Phi) is 5.16. The van der Waals surface area contributed by atoms with E-state index in [-0.39, 0.29) is 12.5 Å². The standard InChI is InChI=1S/C15H20N2O4/c1-2-21-14(18)13-11-17(15(19)20)9-8-16(13)10-12-6-4-3-5-7-12/h3-7,13H,2,8-11H2,1H3,(H,19,20). The highest BCUT2D eigenvalue weighted by Crippen LogP contribution is 2.15. The first kappa shape index (κ1) is 15.3. The molecule has 1 aliphatic heterocycles. The van der Waals surface area contributed by atoms with Gasteiger partial charge in [-0.2, -0.15) is 0 Å². The van der Waals surface area contributed by atoms with Crippen molar-refractivity contribution < 1.29 is 19.4 Å². The van der Waals surface area contributed by atoms with Crippen LogP contribution in [0.5, 0.6) is 0 Å². The lowest BCUT2D eigenvalue weighted by atomic mass is 10.1. The van der Waals surface area contributed by atoms with E-state index in [9.17, 15) is 9.59 Å². The third-order valence-electron chi connectivity index (χ3n) is 3.55. The molecule has 2 rings (SSSR count). The Balaban J connectivity index is 2.10. The molecule has 0 aliphatic carbocycles. The van der Waals surface area contributed by atoms with E-state index in [0.717, 1.165) is 5.56 Å². The van der Waals surface area contributed by atoms with Crippen LogP contribution in [0.4, 0.5) is 4.79 Å². The van der Waals surface area contributed by atoms with E-state index in [4.69, 9.17) is 9.84 Å². The topological polar surface area (TPSA) is 70.1 Å². The first-order valence-corrected chi connectivity index (χ1v) is 7.04. The number of amides is 1. The number of benzene rings is 1. The van der Waals surface area contributed by atoms with Crippen molar-refractivity contribution in [1.82, 2.24) is 9.80 Å². The average Bonchev–Trinajstić information content (AvgIpc) is 2.48. The van der Waals surface area contributed by atoms with Gasteiger partial charge in [-0.15, -0.1) is 0 Å². The predicted molar refractivity (Wildman–Crippen MR) is 76.9 cm³/mol. The van der Waals surface area contributed by atoms with Gasteiger partial charge in [0.1, 0.15) is 6.04 Å². The van der Waals surface area contributed by atoms with Gasteiger partial charge in [-0.05, 0) is 12.5 Å². The van der Waals surface area contributed by atoms with Crippen molar-refractivity contribution in [2.45, 2.75) is 19.5 Å². The van der Waals surface area contributed by atoms with E-state index in [2.05, 4.69) is 0 Å². The van der Waals surface area contributed by atoms with Crippen LogP contribution < -0.4 is 0 Å². The Morgan fingerprint density at radius 2 is 2.00 bits per heavy atom. The van der Waals surface area contributed by atoms with Gasteiger partial charge in [0.2, 0.25) is 0 Å². The Hall–Kier alpha value is -2.08. The lowest BCUT2D eigenvalue weighted by Gasteiger charge is -2.38. The second kappa shape index (κ2) is 7.08. The molecule has 0 radical (unpaired) electrons. The molecule has 0 bridgehead atoms. The molecule has 6 nitrogen and oxygen atoms in total. The first-order chi connectivity index (χ1) is 10.1. The van der Waals surface area contributed by atoms with E-state index in [0.29, 0.717) is 26.2 Å². The minimum Gasteiger partial charge on any atom is -0.465 e. The molecule has 0 spiro atoms. The van der Waals surface area contributed by atoms with Crippen LogP contribution in [0.1, 0.15) is 12.5 Å². The van der Waals surface area contributed by atoms with Crippen molar-refractivity contribution in [3.8, 4) is 0 Å². The van der Waals surface area contributed by atoms with Gasteiger partial charge in [0.15, 0.2) is 0 Å². The van der Waals surface area contributed by atoms with Gasteiger partial charge in [0.25, 0.3) is 0 Å². The largest absolute Gasteiger partial charge is 0.465 e. The molecule has 1 heterocycles. The van der Waals surface area contributed by atoms with Crippen LogP contribution in [0, 0.1) is 0 Å². The molecule has 1 aromatic rings. The zero-order chi connectivity index (χ0) is 15.2. The number of esters is 1. The van der Waals surface area contributed by atoms with Crippen molar-refractivity contribution in [2.75, 3.05) is 26.2 Å². The number of carboxylic acid groups (broad SMARTS) is 1. The van der Waals surface area contributed by atoms with E-state index in [1.807, 2.05) is 35.2 Å². The summed E-state index contributed by atoms with van der Waals surface area (Å²) < 4.78 is 5.08. The van der Waals surface area contributed by atoms with Crippen LogP contribution in [-0.2, 0) is 16.1 Å². The summed E-state index contributed by atoms with van der Waals surface area (Å²) >= 11 is 0. The van der Waals surface area contributed by atoms with Crippen LogP contribution in [0.25, 0.3) is 0 Å². The Morgan fingerprint density at radius 1 is 1.29 bits per heavy atom. The molecule has 6 heteroatoms. The third kappa shape index (κ3) is 3.95. The molecule has 0 aromatic heterocycles. The minimum atomic E-state index is -0.997. The zero-order valence-electron chi connectivity index (χ0n) is 12.1. The molecule has 1 atom stereocenters. The van der Waals surface area contributed by atoms with Crippen LogP contribution in [0.2, 0.25) is 0 Å². The first-order valence-electron chi connectivity index (χ1n) is 7.04. The second-order valence-corrected chi connectivity index (χ2v) is 4.95. The number of rotatable bonds is 4. The van der Waals surface area contributed by atoms with Gasteiger partial charge in [0, 0.05) is 19.6 Å². The summed E-state index contributed by atoms with van der Waals surface area (Å²) in [6, 6.07) is 9.27. The smallest absolute Gasteiger partial charge is 0.407 e. The predicted octanol–water partition coefficient (Wildman–Crippen LogP) is 1.41. The Morgan fingerprint density at radius 3 is 2.62 bits per heavy atom. The molecule has 1 aromatic carbocycles. The fourth-order valence-corrected chi connectivity index (χ4v) is 2.46. The summed E-state index contributed by atoms with van der Waals surface area (Å²) in [6.07, 6.45) is -0.997. The molecular formula is C15H20N2O4. The molecule has 21 heavy (non-hydrogen) atoms. The van der Waals surface area contributed by atoms with Crippen LogP contribution in [0.15, 0.2) is 30.3 Å². The van der Waals surface area contributed by atoms with E-state index < -0.39 is 12.1 Å². The number of piperazine rings is 1. The third-order valence-corrected chi connectivity index (χ3v) is 3.55. The van der Waals surface area contributed by atoms with Crippen molar-refractivity contribution in [2.24, 2.45) is 0 Å². The van der Waals surface area contributed by atoms with Gasteiger partial charge in [0.05, 0.1) is 13.2 Å². The summed E-state index contributed by atoms with van der Waals surface area (Å²) in [6.45, 7) is 3.72. The molecule has 1 fully saturated rings. The molecule has 0 saturated carbocycles. The molecule has 1 saturated heterocycles. The molecule has 1 N–H and O–H groups in total. The van der Waals surface area contributed by atoms with E-state index in [1.165, 1.54) is 4.90 Å². The fourth-order valence-electron chi connectivity index (χ4n) is 2.46. The highest BCUT2D eigenvalue weighted by Gasteiger charge is 2.35. The van der Waals surface area contributed by atoms with Gasteiger partial charge in [-0.25, -0.2) is 4.79 Å². The van der Waals surface area contributed by atoms with E-state index in [1.54, 1.807) is 6.92 Å². The fraction of sp³-hybridized carbons (Fsp3) is 0.467. The highest BCUT2D eigenvalue weighted by atomic mass is 16.5. The number of hydrogen-bond acceptors (Lipinski definition) is 4. The summed E-state index contributed by atoms with van der Waals surface area (Å²) in [5.41, 5.74) is 1.09. The minimum absolute atomic E-state index is 0.154. The Bertz CT molecular complexity index is 492. The van der Waals surface area contributed by atoms with Gasteiger partial charge in [-0.3, -0.25) is 9.69 Å². The van der Waals surface area contributed by atoms with Crippen molar-refractivity contribution >= 4 is 12.1 Å². The maximum atomic E-state index is 12.1. The number of ether oxygens (including phenoxy) is 1. The zero-order valence-corrected chi connectivity index (χ0v) is 12.1. The normalized spacial score (nSPS) is 19.3. The number of carbonyl (C=O) groups is 2. The second-order valence-electron chi connectivity index (χ2n) is 4.95. The highest BCUT2D eigenvalue weighted by molar-refractivity contribution is 5.77. The lowest BCUT2D eigenvalue weighted by molar-refractivity contribution is -0.152. The number of carbonyl (C=O) groups excluding carboxylic acids is 1. The van der Waals surface area contributed by atoms with Crippen molar-refractivity contribution in [3.05, 3.63) is 35.9 Å². The van der Waals surface area contributed by atoms with Gasteiger partial charge in [-0.1, -0.05) is 30.3 Å². The number of nitrogens with zero attached hydrogens (tertiary/aromatic N) is 2. The van der Waals surface area contributed by atoms with E-state index >= 15 is 0 Å². The average molecular weight is 292 g/mol. The van der Waals surface area contributed by atoms with Crippen LogP contribution >= 0.6 is 0 Å². The van der Waals surface area contributed by atoms with Crippen molar-refractivity contribution in [1.29, 1.82) is 0 Å². The van der Waals surface area contributed by atoms with Crippen LogP contribution in [0.3, 0.4) is 0 Å². The van der Waals surface area contributed by atoms with Gasteiger partial charge < -0.3 is 14.7 Å². The van der Waals surface area contributed by atoms with Crippen molar-refractivity contribution in [3.63, 3.8) is 0 Å². The Labute approximate surface area is 123 Å². The van der Waals surface area contributed by atoms with Crippen LogP contribution in [-0.4, -0.2) is 59.3 Å². The summed E-state index contributed by atoms with van der Waals surface area (Å²) in [7, 11) is 0.